The lowest BCUT2D eigenvalue weighted by atomic mass is 10.2. The van der Waals surface area contributed by atoms with E-state index in [-0.39, 0.29) is 5.56 Å². The molecular formula is C6H4BrF3S. The zero-order valence-electron chi connectivity index (χ0n) is 5.50. The highest BCUT2D eigenvalue weighted by atomic mass is 79.9. The molecule has 0 aliphatic rings. The minimum absolute atomic E-state index is 0.266. The molecule has 0 bridgehead atoms. The van der Waals surface area contributed by atoms with Crippen molar-refractivity contribution in [1.29, 1.82) is 0 Å². The third-order valence-corrected chi connectivity index (χ3v) is 3.31. The lowest BCUT2D eigenvalue weighted by Gasteiger charge is -2.03. The predicted octanol–water partition coefficient (Wildman–Crippen LogP) is 3.84. The van der Waals surface area contributed by atoms with Gasteiger partial charge in [0.05, 0.1) is 9.35 Å². The number of halogens is 4. The van der Waals surface area contributed by atoms with Gasteiger partial charge in [0, 0.05) is 5.38 Å². The summed E-state index contributed by atoms with van der Waals surface area (Å²) in [5, 5.41) is 1.11. The standard InChI is InChI=1S/C6H4BrF3S/c1-3-4(6(8,9)10)2-11-5(3)7/h2H,1H3. The van der Waals surface area contributed by atoms with Crippen LogP contribution in [-0.4, -0.2) is 0 Å². The monoisotopic (exact) mass is 244 g/mol. The average Bonchev–Trinajstić information content (AvgIpc) is 2.11. The average molecular weight is 245 g/mol. The second kappa shape index (κ2) is 2.79. The van der Waals surface area contributed by atoms with E-state index in [4.69, 9.17) is 0 Å². The van der Waals surface area contributed by atoms with Crippen LogP contribution in [0, 0.1) is 6.92 Å². The van der Waals surface area contributed by atoms with Crippen LogP contribution in [0.15, 0.2) is 9.17 Å². The van der Waals surface area contributed by atoms with E-state index in [1.807, 2.05) is 0 Å². The maximum Gasteiger partial charge on any atom is 0.417 e. The fraction of sp³-hybridized carbons (Fsp3) is 0.333. The van der Waals surface area contributed by atoms with Gasteiger partial charge in [-0.15, -0.1) is 11.3 Å². The molecular weight excluding hydrogens is 241 g/mol. The van der Waals surface area contributed by atoms with Crippen molar-refractivity contribution in [3.05, 3.63) is 20.3 Å². The number of rotatable bonds is 0. The maximum atomic E-state index is 12.0. The van der Waals surface area contributed by atoms with Gasteiger partial charge in [0.2, 0.25) is 0 Å². The van der Waals surface area contributed by atoms with Crippen LogP contribution >= 0.6 is 27.3 Å². The Morgan fingerprint density at radius 1 is 1.45 bits per heavy atom. The van der Waals surface area contributed by atoms with Crippen LogP contribution < -0.4 is 0 Å². The molecule has 0 aliphatic heterocycles. The van der Waals surface area contributed by atoms with Crippen LogP contribution in [-0.2, 0) is 6.18 Å². The molecule has 1 rings (SSSR count). The van der Waals surface area contributed by atoms with Crippen LogP contribution in [0.2, 0.25) is 0 Å². The van der Waals surface area contributed by atoms with Crippen molar-refractivity contribution in [3.8, 4) is 0 Å². The quantitative estimate of drug-likeness (QED) is 0.651. The fourth-order valence-corrected chi connectivity index (χ4v) is 1.99. The Labute approximate surface area is 74.2 Å². The molecule has 1 aromatic rings. The summed E-state index contributed by atoms with van der Waals surface area (Å²) in [6.45, 7) is 1.45. The molecule has 11 heavy (non-hydrogen) atoms. The molecule has 0 saturated heterocycles. The summed E-state index contributed by atoms with van der Waals surface area (Å²) in [5.74, 6) is 0. The molecule has 0 fully saturated rings. The van der Waals surface area contributed by atoms with E-state index >= 15 is 0 Å². The van der Waals surface area contributed by atoms with E-state index in [2.05, 4.69) is 15.9 Å². The molecule has 0 saturated carbocycles. The first-order valence-electron chi connectivity index (χ1n) is 2.73. The fourth-order valence-electron chi connectivity index (χ4n) is 0.673. The molecule has 1 aromatic heterocycles. The van der Waals surface area contributed by atoms with E-state index < -0.39 is 11.7 Å². The van der Waals surface area contributed by atoms with Crippen LogP contribution in [0.4, 0.5) is 13.2 Å². The van der Waals surface area contributed by atoms with Crippen molar-refractivity contribution >= 4 is 27.3 Å². The van der Waals surface area contributed by atoms with Gasteiger partial charge in [-0.1, -0.05) is 0 Å². The van der Waals surface area contributed by atoms with E-state index in [1.165, 1.54) is 6.92 Å². The summed E-state index contributed by atoms with van der Waals surface area (Å²) in [7, 11) is 0. The predicted molar refractivity (Wildman–Crippen MR) is 41.8 cm³/mol. The van der Waals surface area contributed by atoms with Gasteiger partial charge in [0.1, 0.15) is 0 Å². The molecule has 0 aromatic carbocycles. The van der Waals surface area contributed by atoms with E-state index in [9.17, 15) is 13.2 Å². The highest BCUT2D eigenvalue weighted by molar-refractivity contribution is 9.11. The zero-order chi connectivity index (χ0) is 8.65. The highest BCUT2D eigenvalue weighted by Crippen LogP contribution is 2.38. The van der Waals surface area contributed by atoms with Gasteiger partial charge in [0.25, 0.3) is 0 Å². The first kappa shape index (κ1) is 9.06. The van der Waals surface area contributed by atoms with Crippen molar-refractivity contribution < 1.29 is 13.2 Å². The Morgan fingerprint density at radius 2 is 2.00 bits per heavy atom. The van der Waals surface area contributed by atoms with Gasteiger partial charge in [-0.3, -0.25) is 0 Å². The molecule has 0 atom stereocenters. The summed E-state index contributed by atoms with van der Waals surface area (Å²) in [5.41, 5.74) is -0.281. The molecule has 0 amide bonds. The molecule has 0 unspecified atom stereocenters. The molecule has 62 valence electrons. The minimum atomic E-state index is -4.22. The van der Waals surface area contributed by atoms with Crippen molar-refractivity contribution in [1.82, 2.24) is 0 Å². The second-order valence-corrected chi connectivity index (χ2v) is 4.24. The number of alkyl halides is 3. The Hall–Kier alpha value is -0.0300. The number of hydrogen-bond donors (Lipinski definition) is 0. The number of thiophene rings is 1. The second-order valence-electron chi connectivity index (χ2n) is 2.05. The van der Waals surface area contributed by atoms with E-state index in [0.717, 1.165) is 16.7 Å². The van der Waals surface area contributed by atoms with Crippen LogP contribution in [0.1, 0.15) is 11.1 Å². The van der Waals surface area contributed by atoms with Crippen molar-refractivity contribution in [3.63, 3.8) is 0 Å². The van der Waals surface area contributed by atoms with Gasteiger partial charge in [-0.05, 0) is 28.4 Å². The van der Waals surface area contributed by atoms with Crippen molar-refractivity contribution in [2.75, 3.05) is 0 Å². The first-order chi connectivity index (χ1) is 4.93. The summed E-state index contributed by atoms with van der Waals surface area (Å²) in [6, 6.07) is 0. The third-order valence-electron chi connectivity index (χ3n) is 1.28. The molecule has 0 nitrogen and oxygen atoms in total. The summed E-state index contributed by atoms with van der Waals surface area (Å²) in [6.07, 6.45) is -4.22. The third kappa shape index (κ3) is 1.76. The van der Waals surface area contributed by atoms with Gasteiger partial charge >= 0.3 is 6.18 Å². The topological polar surface area (TPSA) is 0 Å². The van der Waals surface area contributed by atoms with Gasteiger partial charge in [-0.2, -0.15) is 13.2 Å². The highest BCUT2D eigenvalue weighted by Gasteiger charge is 2.33. The Bertz CT molecular complexity index is 263. The SMILES string of the molecule is Cc1c(C(F)(F)F)csc1Br. The molecule has 1 heterocycles. The van der Waals surface area contributed by atoms with Gasteiger partial charge in [0.15, 0.2) is 0 Å². The van der Waals surface area contributed by atoms with Crippen LogP contribution in [0.25, 0.3) is 0 Å². The first-order valence-corrected chi connectivity index (χ1v) is 4.41. The lowest BCUT2D eigenvalue weighted by Crippen LogP contribution is -2.04. The normalized spacial score (nSPS) is 12.1. The smallest absolute Gasteiger partial charge is 0.166 e. The summed E-state index contributed by atoms with van der Waals surface area (Å²) < 4.78 is 36.7. The van der Waals surface area contributed by atoms with Crippen LogP contribution in [0.3, 0.4) is 0 Å². The maximum absolute atomic E-state index is 12.0. The lowest BCUT2D eigenvalue weighted by molar-refractivity contribution is -0.137. The minimum Gasteiger partial charge on any atom is -0.166 e. The van der Waals surface area contributed by atoms with Gasteiger partial charge < -0.3 is 0 Å². The molecule has 0 spiro atoms. The summed E-state index contributed by atoms with van der Waals surface area (Å²) >= 11 is 4.08. The van der Waals surface area contributed by atoms with Gasteiger partial charge in [-0.25, -0.2) is 0 Å². The van der Waals surface area contributed by atoms with Crippen molar-refractivity contribution in [2.45, 2.75) is 13.1 Å². The largest absolute Gasteiger partial charge is 0.417 e. The molecule has 0 N–H and O–H groups in total. The van der Waals surface area contributed by atoms with E-state index in [1.54, 1.807) is 0 Å². The summed E-state index contributed by atoms with van der Waals surface area (Å²) in [4.78, 5) is 0. The Balaban J connectivity index is 3.15. The number of hydrogen-bond acceptors (Lipinski definition) is 1. The molecule has 5 heteroatoms. The Morgan fingerprint density at radius 3 is 2.18 bits per heavy atom. The Kier molecular flexibility index (Phi) is 2.29. The van der Waals surface area contributed by atoms with E-state index in [0.29, 0.717) is 3.79 Å². The molecule has 0 aliphatic carbocycles. The van der Waals surface area contributed by atoms with Crippen molar-refractivity contribution in [2.24, 2.45) is 0 Å². The molecule has 0 radical (unpaired) electrons. The zero-order valence-corrected chi connectivity index (χ0v) is 7.90. The van der Waals surface area contributed by atoms with Crippen LogP contribution in [0.5, 0.6) is 0 Å².